The first-order chi connectivity index (χ1) is 6.06. The lowest BCUT2D eigenvalue weighted by Crippen LogP contribution is -2.13. The Morgan fingerprint density at radius 1 is 1.46 bits per heavy atom. The van der Waals surface area contributed by atoms with Gasteiger partial charge in [0, 0.05) is 17.3 Å². The van der Waals surface area contributed by atoms with E-state index in [1.54, 1.807) is 0 Å². The van der Waals surface area contributed by atoms with E-state index in [9.17, 15) is 0 Å². The molecule has 0 aromatic carbocycles. The first-order valence-electron chi connectivity index (χ1n) is 4.37. The van der Waals surface area contributed by atoms with Crippen molar-refractivity contribution in [3.05, 3.63) is 28.0 Å². The minimum absolute atomic E-state index is 0.249. The van der Waals surface area contributed by atoms with Crippen LogP contribution in [0, 0.1) is 13.8 Å². The van der Waals surface area contributed by atoms with Gasteiger partial charge in [0.15, 0.2) is 0 Å². The fraction of sp³-hybridized carbons (Fsp3) is 0.500. The second-order valence-corrected chi connectivity index (χ2v) is 3.64. The van der Waals surface area contributed by atoms with Crippen LogP contribution in [0.25, 0.3) is 0 Å². The molecule has 0 aliphatic carbocycles. The summed E-state index contributed by atoms with van der Waals surface area (Å²) in [6, 6.07) is 2.34. The molecule has 1 rings (SSSR count). The lowest BCUT2D eigenvalue weighted by Gasteiger charge is -2.13. The van der Waals surface area contributed by atoms with E-state index in [0.29, 0.717) is 5.15 Å². The Labute approximate surface area is 84.3 Å². The van der Waals surface area contributed by atoms with Gasteiger partial charge >= 0.3 is 0 Å². The van der Waals surface area contributed by atoms with Crippen LogP contribution in [0.5, 0.6) is 0 Å². The maximum atomic E-state index is 6.02. The molecular weight excluding hydrogens is 184 g/mol. The lowest BCUT2D eigenvalue weighted by atomic mass is 10.1. The highest BCUT2D eigenvalue weighted by Gasteiger charge is 2.10. The molecule has 13 heavy (non-hydrogen) atoms. The molecule has 72 valence electrons. The van der Waals surface area contributed by atoms with Gasteiger partial charge in [-0.3, -0.25) is 0 Å². The molecule has 1 heterocycles. The summed E-state index contributed by atoms with van der Waals surface area (Å²) >= 11 is 6.02. The molecule has 0 saturated carbocycles. The van der Waals surface area contributed by atoms with Crippen molar-refractivity contribution >= 4 is 11.6 Å². The SMILES string of the molecule is CN[C@H](C)c1cc(C)c(C)nc1Cl. The van der Waals surface area contributed by atoms with E-state index in [1.165, 1.54) is 5.56 Å². The van der Waals surface area contributed by atoms with Crippen LogP contribution >= 0.6 is 11.6 Å². The second kappa shape index (κ2) is 4.07. The van der Waals surface area contributed by atoms with Crippen LogP contribution < -0.4 is 5.32 Å². The van der Waals surface area contributed by atoms with E-state index in [-0.39, 0.29) is 6.04 Å². The number of hydrogen-bond donors (Lipinski definition) is 1. The first kappa shape index (κ1) is 10.5. The number of nitrogens with zero attached hydrogens (tertiary/aromatic N) is 1. The maximum absolute atomic E-state index is 6.02. The Morgan fingerprint density at radius 2 is 2.08 bits per heavy atom. The molecule has 1 atom stereocenters. The zero-order valence-corrected chi connectivity index (χ0v) is 9.24. The topological polar surface area (TPSA) is 24.9 Å². The van der Waals surface area contributed by atoms with Crippen molar-refractivity contribution in [2.45, 2.75) is 26.8 Å². The summed E-state index contributed by atoms with van der Waals surface area (Å²) in [4.78, 5) is 4.27. The van der Waals surface area contributed by atoms with Crippen molar-refractivity contribution in [1.29, 1.82) is 0 Å². The highest BCUT2D eigenvalue weighted by molar-refractivity contribution is 6.30. The molecule has 2 nitrogen and oxygen atoms in total. The smallest absolute Gasteiger partial charge is 0.134 e. The summed E-state index contributed by atoms with van der Waals surface area (Å²) < 4.78 is 0. The van der Waals surface area contributed by atoms with Gasteiger partial charge in [0.05, 0.1) is 0 Å². The van der Waals surface area contributed by atoms with Gasteiger partial charge in [-0.1, -0.05) is 11.6 Å². The normalized spacial score (nSPS) is 13.0. The van der Waals surface area contributed by atoms with Crippen molar-refractivity contribution in [3.8, 4) is 0 Å². The quantitative estimate of drug-likeness (QED) is 0.740. The minimum Gasteiger partial charge on any atom is -0.313 e. The van der Waals surface area contributed by atoms with Crippen LogP contribution in [0.1, 0.15) is 29.8 Å². The molecule has 0 fully saturated rings. The first-order valence-corrected chi connectivity index (χ1v) is 4.75. The molecule has 0 unspecified atom stereocenters. The molecule has 0 saturated heterocycles. The number of rotatable bonds is 2. The molecule has 1 N–H and O–H groups in total. The highest BCUT2D eigenvalue weighted by Crippen LogP contribution is 2.22. The summed E-state index contributed by atoms with van der Waals surface area (Å²) in [7, 11) is 1.91. The Balaban J connectivity index is 3.15. The monoisotopic (exact) mass is 198 g/mol. The van der Waals surface area contributed by atoms with Gasteiger partial charge in [0.1, 0.15) is 5.15 Å². The Kier molecular flexibility index (Phi) is 3.28. The fourth-order valence-corrected chi connectivity index (χ4v) is 1.50. The largest absolute Gasteiger partial charge is 0.313 e. The molecule has 0 spiro atoms. The summed E-state index contributed by atoms with van der Waals surface area (Å²) in [6.45, 7) is 6.08. The molecule has 0 amide bonds. The zero-order chi connectivity index (χ0) is 10.0. The summed E-state index contributed by atoms with van der Waals surface area (Å²) in [5.41, 5.74) is 3.24. The molecule has 0 aliphatic heterocycles. The molecule has 0 radical (unpaired) electrons. The van der Waals surface area contributed by atoms with Crippen molar-refractivity contribution in [3.63, 3.8) is 0 Å². The van der Waals surface area contributed by atoms with Crippen molar-refractivity contribution in [1.82, 2.24) is 10.3 Å². The third kappa shape index (κ3) is 2.20. The number of nitrogens with one attached hydrogen (secondary N) is 1. The summed E-state index contributed by atoms with van der Waals surface area (Å²) in [5, 5.41) is 3.75. The number of pyridine rings is 1. The van der Waals surface area contributed by atoms with Gasteiger partial charge in [-0.15, -0.1) is 0 Å². The van der Waals surface area contributed by atoms with Crippen LogP contribution in [0.4, 0.5) is 0 Å². The van der Waals surface area contributed by atoms with Crippen LogP contribution in [0.3, 0.4) is 0 Å². The molecule has 1 aromatic rings. The third-order valence-electron chi connectivity index (χ3n) is 2.35. The van der Waals surface area contributed by atoms with E-state index in [2.05, 4.69) is 23.3 Å². The van der Waals surface area contributed by atoms with Crippen LogP contribution in [-0.2, 0) is 0 Å². The standard InChI is InChI=1S/C10H15ClN2/c1-6-5-9(8(3)12-4)10(11)13-7(6)2/h5,8,12H,1-4H3/t8-/m1/s1. The molecule has 0 bridgehead atoms. The van der Waals surface area contributed by atoms with Crippen LogP contribution in [-0.4, -0.2) is 12.0 Å². The van der Waals surface area contributed by atoms with Crippen LogP contribution in [0.2, 0.25) is 5.15 Å². The molecular formula is C10H15ClN2. The van der Waals surface area contributed by atoms with E-state index in [1.807, 2.05) is 20.9 Å². The van der Waals surface area contributed by atoms with Gasteiger partial charge in [-0.25, -0.2) is 4.98 Å². The predicted octanol–water partition coefficient (Wildman–Crippen LogP) is 2.63. The average Bonchev–Trinajstić information content (AvgIpc) is 2.10. The third-order valence-corrected chi connectivity index (χ3v) is 2.65. The number of aromatic nitrogens is 1. The summed E-state index contributed by atoms with van der Waals surface area (Å²) in [5.74, 6) is 0. The molecule has 3 heteroatoms. The van der Waals surface area contributed by atoms with Gasteiger partial charge in [0.25, 0.3) is 0 Å². The highest BCUT2D eigenvalue weighted by atomic mass is 35.5. The Hall–Kier alpha value is -0.600. The second-order valence-electron chi connectivity index (χ2n) is 3.28. The fourth-order valence-electron chi connectivity index (χ4n) is 1.16. The van der Waals surface area contributed by atoms with E-state index in [0.717, 1.165) is 11.3 Å². The van der Waals surface area contributed by atoms with E-state index in [4.69, 9.17) is 11.6 Å². The summed E-state index contributed by atoms with van der Waals surface area (Å²) in [6.07, 6.45) is 0. The van der Waals surface area contributed by atoms with Gasteiger partial charge in [0.2, 0.25) is 0 Å². The van der Waals surface area contributed by atoms with Crippen molar-refractivity contribution in [2.75, 3.05) is 7.05 Å². The van der Waals surface area contributed by atoms with Gasteiger partial charge in [-0.2, -0.15) is 0 Å². The number of halogens is 1. The number of aryl methyl sites for hydroxylation is 2. The zero-order valence-electron chi connectivity index (χ0n) is 8.48. The maximum Gasteiger partial charge on any atom is 0.134 e. The van der Waals surface area contributed by atoms with Crippen molar-refractivity contribution < 1.29 is 0 Å². The molecule has 1 aromatic heterocycles. The van der Waals surface area contributed by atoms with Crippen LogP contribution in [0.15, 0.2) is 6.07 Å². The Bertz CT molecular complexity index is 310. The minimum atomic E-state index is 0.249. The van der Waals surface area contributed by atoms with E-state index < -0.39 is 0 Å². The molecule has 0 aliphatic rings. The predicted molar refractivity (Wildman–Crippen MR) is 56.2 cm³/mol. The van der Waals surface area contributed by atoms with Crippen molar-refractivity contribution in [2.24, 2.45) is 0 Å². The van der Waals surface area contributed by atoms with Gasteiger partial charge in [-0.05, 0) is 39.4 Å². The van der Waals surface area contributed by atoms with E-state index >= 15 is 0 Å². The Morgan fingerprint density at radius 3 is 2.62 bits per heavy atom. The lowest BCUT2D eigenvalue weighted by molar-refractivity contribution is 0.648. The van der Waals surface area contributed by atoms with Gasteiger partial charge < -0.3 is 5.32 Å². The number of hydrogen-bond acceptors (Lipinski definition) is 2. The average molecular weight is 199 g/mol.